The second-order valence-electron chi connectivity index (χ2n) is 6.16. The van der Waals surface area contributed by atoms with Crippen molar-refractivity contribution >= 4 is 22.9 Å². The first kappa shape index (κ1) is 18.4. The number of ether oxygens (including phenoxy) is 4. The van der Waals surface area contributed by atoms with Crippen molar-refractivity contribution < 1.29 is 38.1 Å². The van der Waals surface area contributed by atoms with E-state index in [0.29, 0.717) is 17.1 Å². The zero-order valence-corrected chi connectivity index (χ0v) is 15.3. The Morgan fingerprint density at radius 3 is 2.45 bits per heavy atom. The highest BCUT2D eigenvalue weighted by Crippen LogP contribution is 2.40. The second kappa shape index (κ2) is 6.86. The van der Waals surface area contributed by atoms with E-state index in [4.69, 9.17) is 23.4 Å². The van der Waals surface area contributed by atoms with Gasteiger partial charge in [-0.25, -0.2) is 0 Å². The number of hydrogen-bond acceptors (Lipinski definition) is 9. The molecule has 0 saturated heterocycles. The Morgan fingerprint density at radius 1 is 1.00 bits per heavy atom. The zero-order chi connectivity index (χ0) is 20.7. The van der Waals surface area contributed by atoms with Crippen molar-refractivity contribution in [1.29, 1.82) is 0 Å². The molecule has 4 rings (SSSR count). The van der Waals surface area contributed by atoms with Gasteiger partial charge < -0.3 is 28.5 Å². The van der Waals surface area contributed by atoms with E-state index in [1.54, 1.807) is 18.2 Å². The molecule has 9 heteroatoms. The number of esters is 2. The largest absolute Gasteiger partial charge is 0.508 e. The monoisotopic (exact) mass is 398 g/mol. The van der Waals surface area contributed by atoms with Crippen LogP contribution in [0.3, 0.4) is 0 Å². The van der Waals surface area contributed by atoms with Crippen molar-refractivity contribution in [2.75, 3.05) is 6.79 Å². The highest BCUT2D eigenvalue weighted by atomic mass is 16.7. The van der Waals surface area contributed by atoms with Crippen LogP contribution in [0.4, 0.5) is 0 Å². The van der Waals surface area contributed by atoms with Crippen LogP contribution in [0.15, 0.2) is 39.5 Å². The minimum Gasteiger partial charge on any atom is -0.508 e. The molecule has 0 amide bonds. The van der Waals surface area contributed by atoms with Gasteiger partial charge in [0, 0.05) is 31.5 Å². The van der Waals surface area contributed by atoms with Crippen LogP contribution in [0.25, 0.3) is 22.3 Å². The highest BCUT2D eigenvalue weighted by molar-refractivity contribution is 5.91. The summed E-state index contributed by atoms with van der Waals surface area (Å²) in [5.41, 5.74) is -0.429. The van der Waals surface area contributed by atoms with E-state index in [0.717, 1.165) is 19.9 Å². The van der Waals surface area contributed by atoms with E-state index in [2.05, 4.69) is 0 Å². The van der Waals surface area contributed by atoms with Crippen molar-refractivity contribution in [1.82, 2.24) is 0 Å². The molecule has 0 atom stereocenters. The lowest BCUT2D eigenvalue weighted by molar-refractivity contribution is -0.133. The molecule has 1 aromatic heterocycles. The van der Waals surface area contributed by atoms with Gasteiger partial charge in [0.15, 0.2) is 17.3 Å². The van der Waals surface area contributed by atoms with Crippen molar-refractivity contribution in [3.05, 3.63) is 40.6 Å². The molecule has 0 saturated carbocycles. The van der Waals surface area contributed by atoms with Crippen LogP contribution in [0.1, 0.15) is 13.8 Å². The third-order valence-electron chi connectivity index (χ3n) is 4.04. The Kier molecular flexibility index (Phi) is 4.34. The molecule has 1 N–H and O–H groups in total. The molecule has 0 fully saturated rings. The van der Waals surface area contributed by atoms with Crippen molar-refractivity contribution in [2.45, 2.75) is 13.8 Å². The number of phenolic OH excluding ortho intramolecular Hbond substituents is 1. The van der Waals surface area contributed by atoms with E-state index in [-0.39, 0.29) is 40.8 Å². The predicted octanol–water partition coefficient (Wildman–Crippen LogP) is 2.74. The number of phenols is 1. The van der Waals surface area contributed by atoms with Crippen molar-refractivity contribution in [2.24, 2.45) is 0 Å². The summed E-state index contributed by atoms with van der Waals surface area (Å²) >= 11 is 0. The first-order valence-corrected chi connectivity index (χ1v) is 8.44. The van der Waals surface area contributed by atoms with E-state index in [1.165, 1.54) is 6.07 Å². The van der Waals surface area contributed by atoms with Crippen LogP contribution in [-0.2, 0) is 9.59 Å². The van der Waals surface area contributed by atoms with Crippen LogP contribution in [0.2, 0.25) is 0 Å². The molecule has 2 aromatic carbocycles. The lowest BCUT2D eigenvalue weighted by atomic mass is 10.1. The number of benzene rings is 2. The van der Waals surface area contributed by atoms with Crippen LogP contribution in [0, 0.1) is 0 Å². The second-order valence-corrected chi connectivity index (χ2v) is 6.16. The third kappa shape index (κ3) is 3.33. The summed E-state index contributed by atoms with van der Waals surface area (Å²) in [6.45, 7) is 2.33. The summed E-state index contributed by atoms with van der Waals surface area (Å²) in [4.78, 5) is 36.1. The van der Waals surface area contributed by atoms with Gasteiger partial charge in [-0.2, -0.15) is 0 Å². The SMILES string of the molecule is CC(=O)Oc1c(-c2ccc3c(c2)OCO3)oc2cc(O)cc(OC(C)=O)c2c1=O. The first-order chi connectivity index (χ1) is 13.8. The molecule has 0 aliphatic carbocycles. The molecule has 0 spiro atoms. The Hall–Kier alpha value is -4.01. The lowest BCUT2D eigenvalue weighted by Crippen LogP contribution is -2.15. The van der Waals surface area contributed by atoms with Gasteiger partial charge in [-0.15, -0.1) is 0 Å². The minimum absolute atomic E-state index is 0.0525. The molecule has 2 heterocycles. The molecule has 3 aromatic rings. The standard InChI is InChI=1S/C20H14O9/c1-9(21)27-15-6-12(23)7-16-17(15)18(24)20(28-10(2)22)19(29-16)11-3-4-13-14(5-11)26-8-25-13/h3-7,23H,8H2,1-2H3. The van der Waals surface area contributed by atoms with Gasteiger partial charge in [-0.3, -0.25) is 14.4 Å². The van der Waals surface area contributed by atoms with E-state index in [1.807, 2.05) is 0 Å². The number of aromatic hydroxyl groups is 1. The maximum absolute atomic E-state index is 13.1. The summed E-state index contributed by atoms with van der Waals surface area (Å²) in [6.07, 6.45) is 0. The molecular formula is C20H14O9. The van der Waals surface area contributed by atoms with E-state index >= 15 is 0 Å². The summed E-state index contributed by atoms with van der Waals surface area (Å²) in [7, 11) is 0. The molecule has 0 radical (unpaired) electrons. The number of rotatable bonds is 3. The third-order valence-corrected chi connectivity index (χ3v) is 4.04. The summed E-state index contributed by atoms with van der Waals surface area (Å²) in [5.74, 6) is -1.45. The smallest absolute Gasteiger partial charge is 0.308 e. The quantitative estimate of drug-likeness (QED) is 0.524. The molecule has 9 nitrogen and oxygen atoms in total. The fraction of sp³-hybridized carbons (Fsp3) is 0.150. The van der Waals surface area contributed by atoms with E-state index in [9.17, 15) is 19.5 Å². The molecule has 1 aliphatic heterocycles. The number of hydrogen-bond donors (Lipinski definition) is 1. The number of carbonyl (C=O) groups excluding carboxylic acids is 2. The average Bonchev–Trinajstić information content (AvgIpc) is 3.10. The summed E-state index contributed by atoms with van der Waals surface area (Å²) in [5, 5.41) is 9.79. The predicted molar refractivity (Wildman–Crippen MR) is 98.3 cm³/mol. The fourth-order valence-corrected chi connectivity index (χ4v) is 2.95. The van der Waals surface area contributed by atoms with Crippen LogP contribution in [0.5, 0.6) is 28.7 Å². The van der Waals surface area contributed by atoms with Gasteiger partial charge in [0.25, 0.3) is 0 Å². The molecule has 148 valence electrons. The average molecular weight is 398 g/mol. The fourth-order valence-electron chi connectivity index (χ4n) is 2.95. The molecule has 1 aliphatic rings. The number of fused-ring (bicyclic) bond motifs is 2. The Labute approximate surface area is 163 Å². The minimum atomic E-state index is -0.745. The maximum Gasteiger partial charge on any atom is 0.308 e. The van der Waals surface area contributed by atoms with Gasteiger partial charge in [-0.1, -0.05) is 0 Å². The maximum atomic E-state index is 13.1. The molecule has 0 bridgehead atoms. The zero-order valence-electron chi connectivity index (χ0n) is 15.3. The van der Waals surface area contributed by atoms with Crippen molar-refractivity contribution in [3.8, 4) is 40.1 Å². The van der Waals surface area contributed by atoms with Gasteiger partial charge >= 0.3 is 11.9 Å². The molecule has 29 heavy (non-hydrogen) atoms. The van der Waals surface area contributed by atoms with Gasteiger partial charge in [0.2, 0.25) is 18.0 Å². The van der Waals surface area contributed by atoms with Crippen molar-refractivity contribution in [3.63, 3.8) is 0 Å². The topological polar surface area (TPSA) is 122 Å². The first-order valence-electron chi connectivity index (χ1n) is 8.44. The van der Waals surface area contributed by atoms with Crippen LogP contribution >= 0.6 is 0 Å². The number of carbonyl (C=O) groups is 2. The lowest BCUT2D eigenvalue weighted by Gasteiger charge is -2.12. The highest BCUT2D eigenvalue weighted by Gasteiger charge is 2.24. The van der Waals surface area contributed by atoms with E-state index < -0.39 is 17.4 Å². The normalized spacial score (nSPS) is 12.1. The summed E-state index contributed by atoms with van der Waals surface area (Å²) < 4.78 is 26.5. The van der Waals surface area contributed by atoms with Gasteiger partial charge in [0.05, 0.1) is 0 Å². The molecule has 0 unspecified atom stereocenters. The Balaban J connectivity index is 2.02. The Bertz CT molecular complexity index is 1220. The Morgan fingerprint density at radius 2 is 1.72 bits per heavy atom. The van der Waals surface area contributed by atoms with Gasteiger partial charge in [0.1, 0.15) is 22.5 Å². The van der Waals surface area contributed by atoms with Gasteiger partial charge in [-0.05, 0) is 18.2 Å². The van der Waals surface area contributed by atoms with Crippen LogP contribution < -0.4 is 24.4 Å². The summed E-state index contributed by atoms with van der Waals surface area (Å²) in [6, 6.07) is 7.07. The molecular weight excluding hydrogens is 384 g/mol. The van der Waals surface area contributed by atoms with Crippen LogP contribution in [-0.4, -0.2) is 23.8 Å².